The van der Waals surface area contributed by atoms with E-state index in [0.29, 0.717) is 0 Å². The smallest absolute Gasteiger partial charge is 0.171 e. The van der Waals surface area contributed by atoms with Crippen molar-refractivity contribution in [2.75, 3.05) is 0 Å². The average molecular weight is 744 g/mol. The van der Waals surface area contributed by atoms with Crippen LogP contribution >= 0.6 is 29.8 Å². The summed E-state index contributed by atoms with van der Waals surface area (Å²) in [6, 6.07) is 63.5. The number of rotatable bonds is 5. The molecule has 0 saturated carbocycles. The number of hydrogen-bond acceptors (Lipinski definition) is 4. The van der Waals surface area contributed by atoms with E-state index in [4.69, 9.17) is 4.98 Å². The topological polar surface area (TPSA) is 30.0 Å². The number of para-hydroxylation sites is 1. The molecule has 0 unspecified atom stereocenters. The fourth-order valence-electron chi connectivity index (χ4n) is 8.21. The first kappa shape index (κ1) is 31.6. The summed E-state index contributed by atoms with van der Waals surface area (Å²) in [6.45, 7) is 0. The molecule has 11 aromatic rings. The van der Waals surface area contributed by atoms with E-state index in [9.17, 15) is 0 Å². The van der Waals surface area contributed by atoms with Gasteiger partial charge in [0.15, 0.2) is 7.14 Å². The van der Waals surface area contributed by atoms with E-state index in [1.54, 1.807) is 0 Å². The van der Waals surface area contributed by atoms with Gasteiger partial charge >= 0.3 is 0 Å². The van der Waals surface area contributed by atoms with E-state index in [-0.39, 0.29) is 0 Å². The maximum Gasteiger partial charge on any atom is 0.171 e. The normalized spacial score (nSPS) is 12.1. The van der Waals surface area contributed by atoms with Crippen LogP contribution in [0, 0.1) is 0 Å². The Morgan fingerprint density at radius 1 is 0.407 bits per heavy atom. The molecule has 3 heterocycles. The summed E-state index contributed by atoms with van der Waals surface area (Å²) in [5.41, 5.74) is 5.31. The maximum atomic E-state index is 15.2. The SMILES string of the molecule is O=P(c1ccccc1)(c1ccccc1)c1ccc(-c2cc3c(-c4ccc5sc6ccccc6c5c4)nc4ccccc4c3c3c2sc2ccccc23)cc1. The van der Waals surface area contributed by atoms with Gasteiger partial charge < -0.3 is 4.57 Å². The second kappa shape index (κ2) is 12.3. The Labute approximate surface area is 320 Å². The lowest BCUT2D eigenvalue weighted by atomic mass is 9.92. The van der Waals surface area contributed by atoms with Gasteiger partial charge in [-0.05, 0) is 42.0 Å². The van der Waals surface area contributed by atoms with Crippen molar-refractivity contribution in [3.8, 4) is 22.4 Å². The Kier molecular flexibility index (Phi) is 7.22. The van der Waals surface area contributed by atoms with Gasteiger partial charge in [-0.3, -0.25) is 0 Å². The number of nitrogens with zero attached hydrogens (tertiary/aromatic N) is 1. The number of benzene rings is 8. The van der Waals surface area contributed by atoms with Crippen LogP contribution < -0.4 is 15.9 Å². The fraction of sp³-hybridized carbons (Fsp3) is 0. The molecule has 2 nitrogen and oxygen atoms in total. The molecular weight excluding hydrogens is 714 g/mol. The molecule has 0 spiro atoms. The Bertz CT molecular complexity index is 3250. The zero-order chi connectivity index (χ0) is 35.8. The first-order valence-corrected chi connectivity index (χ1v) is 21.4. The second-order valence-electron chi connectivity index (χ2n) is 13.8. The highest BCUT2D eigenvalue weighted by atomic mass is 32.1. The Morgan fingerprint density at radius 2 is 0.963 bits per heavy atom. The Morgan fingerprint density at radius 3 is 1.69 bits per heavy atom. The number of hydrogen-bond donors (Lipinski definition) is 0. The molecule has 0 fully saturated rings. The van der Waals surface area contributed by atoms with Crippen molar-refractivity contribution in [2.24, 2.45) is 0 Å². The summed E-state index contributed by atoms with van der Waals surface area (Å²) in [5, 5.41) is 11.0. The molecule has 0 N–H and O–H groups in total. The first-order chi connectivity index (χ1) is 26.6. The predicted octanol–water partition coefficient (Wildman–Crippen LogP) is 13.1. The minimum absolute atomic E-state index is 0.821. The van der Waals surface area contributed by atoms with Crippen molar-refractivity contribution in [1.29, 1.82) is 0 Å². The molecule has 3 aromatic heterocycles. The summed E-state index contributed by atoms with van der Waals surface area (Å²) in [7, 11) is -3.11. The number of aromatic nitrogens is 1. The molecule has 0 radical (unpaired) electrons. The van der Waals surface area contributed by atoms with Gasteiger partial charge in [0, 0.05) is 83.5 Å². The van der Waals surface area contributed by atoms with Crippen LogP contribution in [0.15, 0.2) is 182 Å². The lowest BCUT2D eigenvalue weighted by molar-refractivity contribution is 0.592. The first-order valence-electron chi connectivity index (χ1n) is 18.1. The molecule has 5 heteroatoms. The Hall–Kier alpha value is -5.90. The molecule has 0 amide bonds. The van der Waals surface area contributed by atoms with E-state index in [0.717, 1.165) is 54.6 Å². The number of pyridine rings is 1. The lowest BCUT2D eigenvalue weighted by Gasteiger charge is -2.20. The third-order valence-corrected chi connectivity index (χ3v) is 16.2. The van der Waals surface area contributed by atoms with Gasteiger partial charge in [-0.25, -0.2) is 4.98 Å². The largest absolute Gasteiger partial charge is 0.309 e. The molecule has 0 aliphatic heterocycles. The van der Waals surface area contributed by atoms with Crippen LogP contribution in [0.2, 0.25) is 0 Å². The second-order valence-corrected chi connectivity index (χ2v) is 18.7. The van der Waals surface area contributed by atoms with E-state index >= 15 is 4.57 Å². The molecule has 0 saturated heterocycles. The molecule has 54 heavy (non-hydrogen) atoms. The van der Waals surface area contributed by atoms with Crippen LogP contribution in [0.3, 0.4) is 0 Å². The third-order valence-electron chi connectivity index (χ3n) is 10.7. The summed E-state index contributed by atoms with van der Waals surface area (Å²) < 4.78 is 20.3. The van der Waals surface area contributed by atoms with Gasteiger partial charge in [0.1, 0.15) is 0 Å². The van der Waals surface area contributed by atoms with Crippen molar-refractivity contribution < 1.29 is 4.57 Å². The number of thiophene rings is 2. The van der Waals surface area contributed by atoms with Gasteiger partial charge in [-0.1, -0.05) is 146 Å². The van der Waals surface area contributed by atoms with Crippen molar-refractivity contribution in [2.45, 2.75) is 0 Å². The highest BCUT2D eigenvalue weighted by Crippen LogP contribution is 2.49. The molecule has 0 aliphatic carbocycles. The van der Waals surface area contributed by atoms with Gasteiger partial charge in [0.25, 0.3) is 0 Å². The van der Waals surface area contributed by atoms with Gasteiger partial charge in [0.05, 0.1) is 11.2 Å². The fourth-order valence-corrected chi connectivity index (χ4v) is 13.2. The van der Waals surface area contributed by atoms with Crippen LogP contribution in [-0.2, 0) is 4.57 Å². The maximum absolute atomic E-state index is 15.2. The van der Waals surface area contributed by atoms with Gasteiger partial charge in [-0.15, -0.1) is 22.7 Å². The van der Waals surface area contributed by atoms with E-state index in [1.165, 1.54) is 45.7 Å². The standard InChI is InChI=1S/C49H30NOPS2/c51-52(33-13-3-1-4-14-33,34-15-5-2-6-16-34)35-26-23-31(24-27-35)39-30-41-46(47-38-19-9-12-22-44(38)54-49(39)47)37-18-7-10-20-42(37)50-48(41)32-25-28-45-40(29-32)36-17-8-11-21-43(36)53-45/h1-30H. The van der Waals surface area contributed by atoms with Gasteiger partial charge in [0.2, 0.25) is 0 Å². The van der Waals surface area contributed by atoms with Crippen LogP contribution in [-0.4, -0.2) is 4.98 Å². The zero-order valence-electron chi connectivity index (χ0n) is 28.9. The Balaban J connectivity index is 1.20. The zero-order valence-corrected chi connectivity index (χ0v) is 31.5. The van der Waals surface area contributed by atoms with E-state index in [1.807, 2.05) is 83.3 Å². The monoisotopic (exact) mass is 743 g/mol. The molecule has 0 aliphatic rings. The van der Waals surface area contributed by atoms with Crippen LogP contribution in [0.5, 0.6) is 0 Å². The molecule has 0 bridgehead atoms. The van der Waals surface area contributed by atoms with Crippen molar-refractivity contribution in [3.63, 3.8) is 0 Å². The minimum Gasteiger partial charge on any atom is -0.309 e. The molecule has 0 atom stereocenters. The molecule has 8 aromatic carbocycles. The predicted molar refractivity (Wildman–Crippen MR) is 235 cm³/mol. The summed E-state index contributed by atoms with van der Waals surface area (Å²) in [5.74, 6) is 0. The van der Waals surface area contributed by atoms with Crippen molar-refractivity contribution >= 4 is 108 Å². The van der Waals surface area contributed by atoms with Crippen LogP contribution in [0.25, 0.3) is 84.4 Å². The van der Waals surface area contributed by atoms with Crippen LogP contribution in [0.4, 0.5) is 0 Å². The summed E-state index contributed by atoms with van der Waals surface area (Å²) in [4.78, 5) is 5.43. The average Bonchev–Trinajstić information content (AvgIpc) is 3.82. The van der Waals surface area contributed by atoms with E-state index in [2.05, 4.69) is 121 Å². The van der Waals surface area contributed by atoms with Crippen LogP contribution in [0.1, 0.15) is 0 Å². The van der Waals surface area contributed by atoms with Crippen molar-refractivity contribution in [1.82, 2.24) is 4.98 Å². The highest BCUT2D eigenvalue weighted by Gasteiger charge is 2.30. The summed E-state index contributed by atoms with van der Waals surface area (Å²) >= 11 is 3.68. The minimum atomic E-state index is -3.11. The van der Waals surface area contributed by atoms with Gasteiger partial charge in [-0.2, -0.15) is 0 Å². The van der Waals surface area contributed by atoms with Crippen molar-refractivity contribution in [3.05, 3.63) is 182 Å². The lowest BCUT2D eigenvalue weighted by Crippen LogP contribution is -2.24. The quantitative estimate of drug-likeness (QED) is 0.130. The van der Waals surface area contributed by atoms with E-state index < -0.39 is 7.14 Å². The molecular formula is C49H30NOPS2. The molecule has 11 rings (SSSR count). The number of fused-ring (bicyclic) bond motifs is 10. The third kappa shape index (κ3) is 4.78. The highest BCUT2D eigenvalue weighted by molar-refractivity contribution is 7.85. The summed E-state index contributed by atoms with van der Waals surface area (Å²) in [6.07, 6.45) is 0. The molecule has 254 valence electrons.